The molecule has 0 radical (unpaired) electrons. The van der Waals surface area contributed by atoms with Gasteiger partial charge in [-0.1, -0.05) is 18.2 Å². The van der Waals surface area contributed by atoms with Crippen LogP contribution in [-0.2, 0) is 17.8 Å². The summed E-state index contributed by atoms with van der Waals surface area (Å²) < 4.78 is 13.2. The van der Waals surface area contributed by atoms with Gasteiger partial charge in [0.25, 0.3) is 0 Å². The third kappa shape index (κ3) is 6.66. The summed E-state index contributed by atoms with van der Waals surface area (Å²) in [7, 11) is 0. The average molecular weight is 454 g/mol. The molecule has 7 heteroatoms. The first-order chi connectivity index (χ1) is 13.7. The fourth-order valence-corrected chi connectivity index (χ4v) is 4.62. The molecule has 1 amide bonds. The van der Waals surface area contributed by atoms with E-state index in [1.54, 1.807) is 18.3 Å². The normalized spacial score (nSPS) is 22.0. The molecule has 30 heavy (non-hydrogen) atoms. The molecule has 0 saturated carbocycles. The van der Waals surface area contributed by atoms with Crippen molar-refractivity contribution < 1.29 is 9.18 Å². The van der Waals surface area contributed by atoms with E-state index in [0.29, 0.717) is 37.5 Å². The Kier molecular flexibility index (Phi) is 9.53. The maximum atomic E-state index is 13.2. The summed E-state index contributed by atoms with van der Waals surface area (Å²) in [5.41, 5.74) is 1.94. The SMILES string of the molecule is Cl.Cl.O=C(CC1CC2CCC(C1)N2)N(CCc1ccccn1)Cc1ccc(F)cc1. The lowest BCUT2D eigenvalue weighted by atomic mass is 9.89. The molecule has 2 bridgehead atoms. The van der Waals surface area contributed by atoms with Crippen LogP contribution in [-0.4, -0.2) is 34.4 Å². The molecular weight excluding hydrogens is 424 g/mol. The van der Waals surface area contributed by atoms with Crippen LogP contribution in [0.2, 0.25) is 0 Å². The lowest BCUT2D eigenvalue weighted by Gasteiger charge is -2.31. The largest absolute Gasteiger partial charge is 0.338 e. The minimum absolute atomic E-state index is 0. The van der Waals surface area contributed by atoms with Gasteiger partial charge in [0.15, 0.2) is 0 Å². The van der Waals surface area contributed by atoms with Gasteiger partial charge >= 0.3 is 0 Å². The summed E-state index contributed by atoms with van der Waals surface area (Å²) in [4.78, 5) is 19.4. The summed E-state index contributed by atoms with van der Waals surface area (Å²) >= 11 is 0. The van der Waals surface area contributed by atoms with E-state index in [9.17, 15) is 9.18 Å². The summed E-state index contributed by atoms with van der Waals surface area (Å²) in [5, 5.41) is 3.65. The Labute approximate surface area is 190 Å². The van der Waals surface area contributed by atoms with E-state index in [4.69, 9.17) is 0 Å². The van der Waals surface area contributed by atoms with Crippen LogP contribution in [0.25, 0.3) is 0 Å². The van der Waals surface area contributed by atoms with E-state index >= 15 is 0 Å². The molecule has 1 aromatic carbocycles. The second kappa shape index (κ2) is 11.6. The van der Waals surface area contributed by atoms with Crippen molar-refractivity contribution in [3.8, 4) is 0 Å². The molecule has 3 heterocycles. The van der Waals surface area contributed by atoms with Gasteiger partial charge in [-0.2, -0.15) is 0 Å². The minimum Gasteiger partial charge on any atom is -0.338 e. The molecule has 164 valence electrons. The Hall–Kier alpha value is -1.69. The number of nitrogens with one attached hydrogen (secondary N) is 1. The molecule has 1 N–H and O–H groups in total. The standard InChI is InChI=1S/C23H28FN3O.2ClH/c24-19-6-4-17(5-7-19)16-27(12-10-20-3-1-2-11-25-20)23(28)15-18-13-21-8-9-22(14-18)26-21;;/h1-7,11,18,21-22,26H,8-10,12-16H2;2*1H. The van der Waals surface area contributed by atoms with Crippen LogP contribution in [0.4, 0.5) is 4.39 Å². The van der Waals surface area contributed by atoms with E-state index < -0.39 is 0 Å². The molecule has 4 nitrogen and oxygen atoms in total. The number of rotatable bonds is 7. The number of benzene rings is 1. The molecule has 2 aromatic rings. The van der Waals surface area contributed by atoms with E-state index in [1.807, 2.05) is 23.1 Å². The van der Waals surface area contributed by atoms with Crippen LogP contribution in [0.15, 0.2) is 48.7 Å². The smallest absolute Gasteiger partial charge is 0.223 e. The number of piperidine rings is 1. The number of amides is 1. The molecular formula is C23H30Cl2FN3O. The third-order valence-electron chi connectivity index (χ3n) is 6.04. The molecule has 0 spiro atoms. The van der Waals surface area contributed by atoms with Gasteiger partial charge in [-0.3, -0.25) is 9.78 Å². The topological polar surface area (TPSA) is 45.2 Å². The zero-order valence-electron chi connectivity index (χ0n) is 17.0. The maximum absolute atomic E-state index is 13.2. The lowest BCUT2D eigenvalue weighted by molar-refractivity contribution is -0.133. The van der Waals surface area contributed by atoms with Crippen LogP contribution < -0.4 is 5.32 Å². The second-order valence-corrected chi connectivity index (χ2v) is 8.19. The highest BCUT2D eigenvalue weighted by Gasteiger charge is 2.34. The first kappa shape index (κ1) is 24.6. The molecule has 2 atom stereocenters. The van der Waals surface area contributed by atoms with Gasteiger partial charge in [-0.05, 0) is 61.4 Å². The third-order valence-corrected chi connectivity index (χ3v) is 6.04. The Morgan fingerprint density at radius 1 is 1.07 bits per heavy atom. The highest BCUT2D eigenvalue weighted by atomic mass is 35.5. The molecule has 2 saturated heterocycles. The van der Waals surface area contributed by atoms with Crippen molar-refractivity contribution in [2.24, 2.45) is 5.92 Å². The number of pyridine rings is 1. The minimum atomic E-state index is -0.250. The van der Waals surface area contributed by atoms with Gasteiger partial charge in [0.2, 0.25) is 5.91 Å². The lowest BCUT2D eigenvalue weighted by Crippen LogP contribution is -2.40. The van der Waals surface area contributed by atoms with Crippen LogP contribution in [0.1, 0.15) is 43.4 Å². The number of carbonyl (C=O) groups excluding carboxylic acids is 1. The molecule has 2 aliphatic rings. The van der Waals surface area contributed by atoms with Crippen molar-refractivity contribution in [3.05, 3.63) is 65.7 Å². The first-order valence-corrected chi connectivity index (χ1v) is 10.3. The number of hydrogen-bond donors (Lipinski definition) is 1. The molecule has 4 rings (SSSR count). The Morgan fingerprint density at radius 2 is 1.77 bits per heavy atom. The monoisotopic (exact) mass is 453 g/mol. The zero-order chi connectivity index (χ0) is 19.3. The van der Waals surface area contributed by atoms with Crippen molar-refractivity contribution in [2.45, 2.75) is 57.2 Å². The average Bonchev–Trinajstić information content (AvgIpc) is 3.05. The van der Waals surface area contributed by atoms with E-state index in [2.05, 4.69) is 10.3 Å². The molecule has 2 fully saturated rings. The van der Waals surface area contributed by atoms with Gasteiger partial charge in [-0.15, -0.1) is 24.8 Å². The first-order valence-electron chi connectivity index (χ1n) is 10.3. The zero-order valence-corrected chi connectivity index (χ0v) is 18.6. The summed E-state index contributed by atoms with van der Waals surface area (Å²) in [6.45, 7) is 1.15. The quantitative estimate of drug-likeness (QED) is 0.668. The Bertz CT molecular complexity index is 779. The predicted molar refractivity (Wildman–Crippen MR) is 122 cm³/mol. The fraction of sp³-hybridized carbons (Fsp3) is 0.478. The highest BCUT2D eigenvalue weighted by Crippen LogP contribution is 2.33. The number of aromatic nitrogens is 1. The number of hydrogen-bond acceptors (Lipinski definition) is 3. The van der Waals surface area contributed by atoms with Crippen molar-refractivity contribution in [1.82, 2.24) is 15.2 Å². The van der Waals surface area contributed by atoms with E-state index in [0.717, 1.165) is 30.5 Å². The Morgan fingerprint density at radius 3 is 2.40 bits per heavy atom. The molecule has 0 aliphatic carbocycles. The van der Waals surface area contributed by atoms with Crippen molar-refractivity contribution in [2.75, 3.05) is 6.54 Å². The summed E-state index contributed by atoms with van der Waals surface area (Å²) in [6, 6.07) is 13.5. The number of halogens is 3. The van der Waals surface area contributed by atoms with E-state index in [1.165, 1.54) is 25.0 Å². The van der Waals surface area contributed by atoms with Crippen LogP contribution >= 0.6 is 24.8 Å². The molecule has 1 aromatic heterocycles. The number of carbonyl (C=O) groups is 1. The van der Waals surface area contributed by atoms with Crippen molar-refractivity contribution in [1.29, 1.82) is 0 Å². The molecule has 2 unspecified atom stereocenters. The Balaban J connectivity index is 0.00000160. The fourth-order valence-electron chi connectivity index (χ4n) is 4.62. The number of fused-ring (bicyclic) bond motifs is 2. The number of nitrogens with zero attached hydrogens (tertiary/aromatic N) is 2. The predicted octanol–water partition coefficient (Wildman–Crippen LogP) is 4.56. The van der Waals surface area contributed by atoms with Crippen molar-refractivity contribution in [3.63, 3.8) is 0 Å². The van der Waals surface area contributed by atoms with Crippen LogP contribution in [0, 0.1) is 11.7 Å². The second-order valence-electron chi connectivity index (χ2n) is 8.19. The van der Waals surface area contributed by atoms with Gasteiger partial charge in [0.05, 0.1) is 0 Å². The van der Waals surface area contributed by atoms with Gasteiger partial charge in [-0.25, -0.2) is 4.39 Å². The maximum Gasteiger partial charge on any atom is 0.223 e. The van der Waals surface area contributed by atoms with Gasteiger partial charge in [0, 0.05) is 49.9 Å². The van der Waals surface area contributed by atoms with Crippen LogP contribution in [0.5, 0.6) is 0 Å². The summed E-state index contributed by atoms with van der Waals surface area (Å²) in [5.74, 6) is 0.420. The van der Waals surface area contributed by atoms with E-state index in [-0.39, 0.29) is 36.5 Å². The van der Waals surface area contributed by atoms with Gasteiger partial charge < -0.3 is 10.2 Å². The highest BCUT2D eigenvalue weighted by molar-refractivity contribution is 5.85. The van der Waals surface area contributed by atoms with Crippen molar-refractivity contribution >= 4 is 30.7 Å². The molecule has 2 aliphatic heterocycles. The summed E-state index contributed by atoms with van der Waals surface area (Å²) in [6.07, 6.45) is 7.82. The van der Waals surface area contributed by atoms with Crippen LogP contribution in [0.3, 0.4) is 0 Å². The van der Waals surface area contributed by atoms with Gasteiger partial charge in [0.1, 0.15) is 5.82 Å².